The molecule has 3 nitrogen and oxygen atoms in total. The molecule has 1 unspecified atom stereocenters. The molecule has 15 heavy (non-hydrogen) atoms. The molecule has 0 aliphatic carbocycles. The topological polar surface area (TPSA) is 29.9 Å². The van der Waals surface area contributed by atoms with E-state index in [0.717, 1.165) is 24.7 Å². The van der Waals surface area contributed by atoms with E-state index in [9.17, 15) is 0 Å². The van der Waals surface area contributed by atoms with Gasteiger partial charge in [0, 0.05) is 19.3 Å². The van der Waals surface area contributed by atoms with Gasteiger partial charge in [-0.25, -0.2) is 4.98 Å². The number of hydrogen-bond donors (Lipinski definition) is 1. The van der Waals surface area contributed by atoms with Crippen LogP contribution >= 0.6 is 11.8 Å². The third kappa shape index (κ3) is 3.78. The van der Waals surface area contributed by atoms with Crippen molar-refractivity contribution in [3.63, 3.8) is 0 Å². The van der Waals surface area contributed by atoms with Gasteiger partial charge in [-0.05, 0) is 31.8 Å². The molecule has 0 bridgehead atoms. The summed E-state index contributed by atoms with van der Waals surface area (Å²) in [6, 6.07) is 0. The van der Waals surface area contributed by atoms with Crippen molar-refractivity contribution in [2.24, 2.45) is 5.92 Å². The Morgan fingerprint density at radius 2 is 2.33 bits per heavy atom. The number of anilines is 1. The lowest BCUT2D eigenvalue weighted by molar-refractivity contribution is 0.683. The Hall–Kier alpha value is -0.640. The number of nitrogens with one attached hydrogen (secondary N) is 1. The third-order valence-corrected chi connectivity index (χ3v) is 3.20. The number of aromatic nitrogens is 2. The zero-order chi connectivity index (χ0) is 11.3. The molecule has 1 rings (SSSR count). The molecular formula is C11H21N3S. The maximum Gasteiger partial charge on any atom is 0.203 e. The smallest absolute Gasteiger partial charge is 0.203 e. The first-order valence-electron chi connectivity index (χ1n) is 5.44. The second-order valence-electron chi connectivity index (χ2n) is 3.93. The maximum atomic E-state index is 4.46. The van der Waals surface area contributed by atoms with Crippen molar-refractivity contribution in [2.45, 2.75) is 27.3 Å². The molecule has 0 radical (unpaired) electrons. The van der Waals surface area contributed by atoms with Gasteiger partial charge in [0.25, 0.3) is 0 Å². The highest BCUT2D eigenvalue weighted by molar-refractivity contribution is 7.98. The fourth-order valence-corrected chi connectivity index (χ4v) is 2.22. The maximum absolute atomic E-state index is 4.46. The van der Waals surface area contributed by atoms with Crippen molar-refractivity contribution in [3.05, 3.63) is 11.9 Å². The Bertz CT molecular complexity index is 296. The van der Waals surface area contributed by atoms with Gasteiger partial charge in [-0.15, -0.1) is 0 Å². The van der Waals surface area contributed by atoms with Crippen LogP contribution in [0.3, 0.4) is 0 Å². The van der Waals surface area contributed by atoms with E-state index in [1.54, 1.807) is 0 Å². The van der Waals surface area contributed by atoms with E-state index >= 15 is 0 Å². The van der Waals surface area contributed by atoms with E-state index in [0.29, 0.717) is 5.92 Å². The van der Waals surface area contributed by atoms with Gasteiger partial charge in [0.15, 0.2) is 0 Å². The van der Waals surface area contributed by atoms with Gasteiger partial charge in [0.1, 0.15) is 0 Å². The molecule has 0 aliphatic rings. The number of nitrogens with zero attached hydrogens (tertiary/aromatic N) is 2. The predicted molar refractivity (Wildman–Crippen MR) is 68.7 cm³/mol. The highest BCUT2D eigenvalue weighted by Crippen LogP contribution is 2.10. The third-order valence-electron chi connectivity index (χ3n) is 2.30. The van der Waals surface area contributed by atoms with Gasteiger partial charge in [-0.1, -0.05) is 6.92 Å². The van der Waals surface area contributed by atoms with Gasteiger partial charge in [0.05, 0.1) is 5.69 Å². The minimum atomic E-state index is 0.683. The molecule has 0 fully saturated rings. The number of imidazole rings is 1. The summed E-state index contributed by atoms with van der Waals surface area (Å²) >= 11 is 1.89. The van der Waals surface area contributed by atoms with Crippen LogP contribution in [0.4, 0.5) is 5.95 Å². The highest BCUT2D eigenvalue weighted by Gasteiger charge is 2.05. The van der Waals surface area contributed by atoms with E-state index in [1.807, 2.05) is 18.7 Å². The second kappa shape index (κ2) is 6.05. The molecule has 1 atom stereocenters. The summed E-state index contributed by atoms with van der Waals surface area (Å²) in [7, 11) is 0. The molecule has 1 heterocycles. The Kier molecular flexibility index (Phi) is 5.02. The first kappa shape index (κ1) is 12.4. The number of thioether (sulfide) groups is 1. The first-order chi connectivity index (χ1) is 7.17. The van der Waals surface area contributed by atoms with Crippen LogP contribution in [0, 0.1) is 12.8 Å². The molecular weight excluding hydrogens is 206 g/mol. The Balaban J connectivity index is 2.49. The summed E-state index contributed by atoms with van der Waals surface area (Å²) in [6.45, 7) is 8.40. The van der Waals surface area contributed by atoms with Crippen molar-refractivity contribution in [3.8, 4) is 0 Å². The normalized spacial score (nSPS) is 12.8. The molecule has 1 aromatic rings. The molecule has 1 N–H and O–H groups in total. The molecule has 0 spiro atoms. The van der Waals surface area contributed by atoms with Crippen LogP contribution in [0.2, 0.25) is 0 Å². The minimum absolute atomic E-state index is 0.683. The summed E-state index contributed by atoms with van der Waals surface area (Å²) in [5.41, 5.74) is 1.08. The van der Waals surface area contributed by atoms with Crippen LogP contribution in [0.1, 0.15) is 19.5 Å². The summed E-state index contributed by atoms with van der Waals surface area (Å²) in [4.78, 5) is 4.46. The van der Waals surface area contributed by atoms with Crippen molar-refractivity contribution in [2.75, 3.05) is 23.9 Å². The predicted octanol–water partition coefficient (Wildman–Crippen LogP) is 2.62. The van der Waals surface area contributed by atoms with E-state index in [1.165, 1.54) is 5.75 Å². The largest absolute Gasteiger partial charge is 0.355 e. The second-order valence-corrected chi connectivity index (χ2v) is 4.84. The summed E-state index contributed by atoms with van der Waals surface area (Å²) < 4.78 is 2.15. The molecule has 0 aliphatic heterocycles. The Morgan fingerprint density at radius 1 is 1.60 bits per heavy atom. The van der Waals surface area contributed by atoms with Crippen LogP contribution in [0.5, 0.6) is 0 Å². The molecule has 0 amide bonds. The quantitative estimate of drug-likeness (QED) is 0.810. The molecule has 1 aromatic heterocycles. The number of aryl methyl sites for hydroxylation is 2. The zero-order valence-corrected chi connectivity index (χ0v) is 10.9. The van der Waals surface area contributed by atoms with Gasteiger partial charge in [-0.3, -0.25) is 0 Å². The van der Waals surface area contributed by atoms with E-state index < -0.39 is 0 Å². The van der Waals surface area contributed by atoms with Crippen LogP contribution in [0.15, 0.2) is 6.20 Å². The zero-order valence-electron chi connectivity index (χ0n) is 10.1. The van der Waals surface area contributed by atoms with Crippen molar-refractivity contribution < 1.29 is 0 Å². The summed E-state index contributed by atoms with van der Waals surface area (Å²) in [5, 5.41) is 3.41. The summed E-state index contributed by atoms with van der Waals surface area (Å²) in [6.07, 6.45) is 4.23. The van der Waals surface area contributed by atoms with Crippen molar-refractivity contribution >= 4 is 17.7 Å². The lowest BCUT2D eigenvalue weighted by atomic mass is 10.2. The fraction of sp³-hybridized carbons (Fsp3) is 0.727. The average molecular weight is 227 g/mol. The lowest BCUT2D eigenvalue weighted by Gasteiger charge is -2.12. The van der Waals surface area contributed by atoms with Gasteiger partial charge >= 0.3 is 0 Å². The Morgan fingerprint density at radius 3 is 2.93 bits per heavy atom. The van der Waals surface area contributed by atoms with Gasteiger partial charge in [0.2, 0.25) is 5.95 Å². The molecule has 0 saturated heterocycles. The van der Waals surface area contributed by atoms with Crippen LogP contribution < -0.4 is 5.32 Å². The van der Waals surface area contributed by atoms with Gasteiger partial charge in [-0.2, -0.15) is 11.8 Å². The van der Waals surface area contributed by atoms with Crippen molar-refractivity contribution in [1.82, 2.24) is 9.55 Å². The molecule has 0 aromatic carbocycles. The van der Waals surface area contributed by atoms with Crippen LogP contribution in [-0.4, -0.2) is 28.1 Å². The van der Waals surface area contributed by atoms with E-state index in [4.69, 9.17) is 0 Å². The molecule has 86 valence electrons. The highest BCUT2D eigenvalue weighted by atomic mass is 32.2. The fourth-order valence-electron chi connectivity index (χ4n) is 1.54. The van der Waals surface area contributed by atoms with E-state index in [2.05, 4.69) is 41.2 Å². The minimum Gasteiger partial charge on any atom is -0.355 e. The van der Waals surface area contributed by atoms with Crippen LogP contribution in [0.25, 0.3) is 0 Å². The van der Waals surface area contributed by atoms with Gasteiger partial charge < -0.3 is 9.88 Å². The average Bonchev–Trinajstić information content (AvgIpc) is 2.56. The van der Waals surface area contributed by atoms with E-state index in [-0.39, 0.29) is 0 Å². The standard InChI is InChI=1S/C11H21N3S/c1-5-14-7-10(3)13-11(14)12-6-9(2)8-15-4/h7,9H,5-6,8H2,1-4H3,(H,12,13). The molecule has 4 heteroatoms. The van der Waals surface area contributed by atoms with Crippen molar-refractivity contribution in [1.29, 1.82) is 0 Å². The monoisotopic (exact) mass is 227 g/mol. The first-order valence-corrected chi connectivity index (χ1v) is 6.83. The lowest BCUT2D eigenvalue weighted by Crippen LogP contribution is -2.16. The number of hydrogen-bond acceptors (Lipinski definition) is 3. The Labute approximate surface area is 96.7 Å². The van der Waals surface area contributed by atoms with Crippen LogP contribution in [-0.2, 0) is 6.54 Å². The molecule has 0 saturated carbocycles. The number of rotatable bonds is 6. The SMILES string of the molecule is CCn1cc(C)nc1NCC(C)CSC. The summed E-state index contributed by atoms with van der Waals surface area (Å²) in [5.74, 6) is 2.88.